The molecule has 1 atom stereocenters. The number of rotatable bonds is 4. The Kier molecular flexibility index (Phi) is 3.86. The molecule has 0 saturated carbocycles. The number of fused-ring (bicyclic) bond motifs is 1. The van der Waals surface area contributed by atoms with Gasteiger partial charge in [-0.05, 0) is 24.4 Å². The predicted molar refractivity (Wildman–Crippen MR) is 94.0 cm³/mol. The van der Waals surface area contributed by atoms with Crippen LogP contribution in [0.1, 0.15) is 23.5 Å². The van der Waals surface area contributed by atoms with E-state index in [0.717, 1.165) is 27.0 Å². The molecule has 1 aromatic heterocycles. The van der Waals surface area contributed by atoms with Crippen LogP contribution in [-0.2, 0) is 0 Å². The number of nitrogens with one attached hydrogen (secondary N) is 1. The van der Waals surface area contributed by atoms with Gasteiger partial charge in [0, 0.05) is 28.2 Å². The minimum Gasteiger partial charge on any atom is -0.389 e. The lowest BCUT2D eigenvalue weighted by Crippen LogP contribution is -2.11. The highest BCUT2D eigenvalue weighted by atomic mass is 32.1. The van der Waals surface area contributed by atoms with E-state index < -0.39 is 0 Å². The molecule has 0 aliphatic rings. The first kappa shape index (κ1) is 14.0. The molecule has 0 aliphatic heterocycles. The molecule has 0 radical (unpaired) electrons. The Labute approximate surface area is 132 Å². The third-order valence-corrected chi connectivity index (χ3v) is 4.56. The quantitative estimate of drug-likeness (QED) is 0.712. The predicted octanol–water partition coefficient (Wildman–Crippen LogP) is 4.10. The summed E-state index contributed by atoms with van der Waals surface area (Å²) in [5.74, 6) is 0. The second-order valence-corrected chi connectivity index (χ2v) is 6.17. The van der Waals surface area contributed by atoms with Gasteiger partial charge in [0.05, 0.1) is 6.04 Å². The molecule has 0 amide bonds. The van der Waals surface area contributed by atoms with E-state index >= 15 is 0 Å². The summed E-state index contributed by atoms with van der Waals surface area (Å²) in [6.45, 7) is 2.11. The minimum absolute atomic E-state index is 0.157. The highest BCUT2D eigenvalue weighted by Gasteiger charge is 2.12. The van der Waals surface area contributed by atoms with Crippen molar-refractivity contribution in [1.82, 2.24) is 4.98 Å². The van der Waals surface area contributed by atoms with Gasteiger partial charge in [0.1, 0.15) is 10.00 Å². The van der Waals surface area contributed by atoms with E-state index in [2.05, 4.69) is 23.3 Å². The summed E-state index contributed by atoms with van der Waals surface area (Å²) < 4.78 is 0. The maximum Gasteiger partial charge on any atom is 0.115 e. The largest absolute Gasteiger partial charge is 0.389 e. The monoisotopic (exact) mass is 313 g/mol. The molecule has 3 nitrogen and oxygen atoms in total. The summed E-state index contributed by atoms with van der Waals surface area (Å²) in [5.41, 5.74) is 7.78. The van der Waals surface area contributed by atoms with Crippen molar-refractivity contribution in [3.05, 3.63) is 58.5 Å². The van der Waals surface area contributed by atoms with Crippen molar-refractivity contribution in [3.63, 3.8) is 0 Å². The maximum atomic E-state index is 5.81. The third kappa shape index (κ3) is 2.75. The van der Waals surface area contributed by atoms with Crippen molar-refractivity contribution < 1.29 is 0 Å². The Balaban J connectivity index is 2.04. The van der Waals surface area contributed by atoms with Crippen LogP contribution in [0.25, 0.3) is 10.8 Å². The van der Waals surface area contributed by atoms with E-state index in [4.69, 9.17) is 18.0 Å². The number of hydrogen-bond donors (Lipinski definition) is 2. The summed E-state index contributed by atoms with van der Waals surface area (Å²) in [6, 6.07) is 12.3. The van der Waals surface area contributed by atoms with E-state index in [1.807, 2.05) is 41.9 Å². The van der Waals surface area contributed by atoms with E-state index in [1.165, 1.54) is 0 Å². The molecule has 0 aliphatic carbocycles. The molecule has 0 fully saturated rings. The van der Waals surface area contributed by atoms with Crippen LogP contribution in [0, 0.1) is 0 Å². The van der Waals surface area contributed by atoms with Crippen LogP contribution in [-0.4, -0.2) is 9.97 Å². The third-order valence-electron chi connectivity index (χ3n) is 3.38. The fourth-order valence-electron chi connectivity index (χ4n) is 2.38. The van der Waals surface area contributed by atoms with E-state index in [1.54, 1.807) is 11.3 Å². The first-order valence-electron chi connectivity index (χ1n) is 6.64. The van der Waals surface area contributed by atoms with Crippen LogP contribution in [0.2, 0.25) is 0 Å². The summed E-state index contributed by atoms with van der Waals surface area (Å²) in [7, 11) is 0. The van der Waals surface area contributed by atoms with Gasteiger partial charge in [-0.15, -0.1) is 11.3 Å². The van der Waals surface area contributed by atoms with Gasteiger partial charge in [-0.3, -0.25) is 0 Å². The lowest BCUT2D eigenvalue weighted by atomic mass is 10.0. The lowest BCUT2D eigenvalue weighted by Gasteiger charge is -2.16. The number of thiazole rings is 1. The fraction of sp³-hybridized carbons (Fsp3) is 0.125. The van der Waals surface area contributed by atoms with Crippen molar-refractivity contribution in [2.75, 3.05) is 5.32 Å². The van der Waals surface area contributed by atoms with Crippen molar-refractivity contribution in [2.24, 2.45) is 5.73 Å². The van der Waals surface area contributed by atoms with Gasteiger partial charge in [-0.25, -0.2) is 4.98 Å². The SMILES string of the molecule is CC(Nc1ccc(C(N)=S)c2ccccc12)c1nccs1. The highest BCUT2D eigenvalue weighted by Crippen LogP contribution is 2.30. The molecule has 0 saturated heterocycles. The molecule has 0 bridgehead atoms. The second-order valence-electron chi connectivity index (χ2n) is 4.81. The van der Waals surface area contributed by atoms with Gasteiger partial charge in [0.2, 0.25) is 0 Å². The highest BCUT2D eigenvalue weighted by molar-refractivity contribution is 7.80. The summed E-state index contributed by atoms with van der Waals surface area (Å²) in [6.07, 6.45) is 1.83. The molecule has 3 N–H and O–H groups in total. The standard InChI is InChI=1S/C16H15N3S2/c1-10(16-18-8-9-21-16)19-14-7-6-13(15(17)20)11-4-2-3-5-12(11)14/h2-10,19H,1H3,(H2,17,20). The normalized spacial score (nSPS) is 12.2. The number of aromatic nitrogens is 1. The molecule has 1 heterocycles. The van der Waals surface area contributed by atoms with Crippen LogP contribution >= 0.6 is 23.6 Å². The van der Waals surface area contributed by atoms with Crippen LogP contribution in [0.3, 0.4) is 0 Å². The van der Waals surface area contributed by atoms with Gasteiger partial charge >= 0.3 is 0 Å². The average molecular weight is 313 g/mol. The number of nitrogens with zero attached hydrogens (tertiary/aromatic N) is 1. The molecule has 2 aromatic carbocycles. The van der Waals surface area contributed by atoms with Crippen molar-refractivity contribution >= 4 is 45.0 Å². The topological polar surface area (TPSA) is 50.9 Å². The Morgan fingerprint density at radius 1 is 1.24 bits per heavy atom. The van der Waals surface area contributed by atoms with Gasteiger partial charge in [0.15, 0.2) is 0 Å². The van der Waals surface area contributed by atoms with Gasteiger partial charge in [-0.1, -0.05) is 36.5 Å². The van der Waals surface area contributed by atoms with Gasteiger partial charge in [0.25, 0.3) is 0 Å². The molecule has 3 aromatic rings. The zero-order valence-electron chi connectivity index (χ0n) is 11.5. The first-order chi connectivity index (χ1) is 10.2. The first-order valence-corrected chi connectivity index (χ1v) is 7.93. The molecule has 5 heteroatoms. The zero-order chi connectivity index (χ0) is 14.8. The van der Waals surface area contributed by atoms with Crippen molar-refractivity contribution in [3.8, 4) is 0 Å². The summed E-state index contributed by atoms with van der Waals surface area (Å²) >= 11 is 6.78. The minimum atomic E-state index is 0.157. The number of nitrogens with two attached hydrogens (primary N) is 1. The van der Waals surface area contributed by atoms with Crippen LogP contribution in [0.15, 0.2) is 48.0 Å². The Bertz CT molecular complexity index is 781. The molecule has 3 rings (SSSR count). The molecule has 21 heavy (non-hydrogen) atoms. The lowest BCUT2D eigenvalue weighted by molar-refractivity contribution is 0.871. The number of benzene rings is 2. The maximum absolute atomic E-state index is 5.81. The van der Waals surface area contributed by atoms with Crippen LogP contribution in [0.5, 0.6) is 0 Å². The zero-order valence-corrected chi connectivity index (χ0v) is 13.2. The van der Waals surface area contributed by atoms with E-state index in [-0.39, 0.29) is 6.04 Å². The summed E-state index contributed by atoms with van der Waals surface area (Å²) in [5, 5.41) is 8.76. The molecule has 106 valence electrons. The smallest absolute Gasteiger partial charge is 0.115 e. The van der Waals surface area contributed by atoms with Gasteiger partial charge < -0.3 is 11.1 Å². The molecular weight excluding hydrogens is 298 g/mol. The van der Waals surface area contributed by atoms with E-state index in [9.17, 15) is 0 Å². The Morgan fingerprint density at radius 3 is 2.67 bits per heavy atom. The fourth-order valence-corrected chi connectivity index (χ4v) is 3.21. The Hall–Kier alpha value is -1.98. The molecule has 0 spiro atoms. The summed E-state index contributed by atoms with van der Waals surface area (Å²) in [4.78, 5) is 4.78. The van der Waals surface area contributed by atoms with Crippen molar-refractivity contribution in [2.45, 2.75) is 13.0 Å². The molecular formula is C16H15N3S2. The number of thiocarbonyl (C=S) groups is 1. The Morgan fingerprint density at radius 2 is 2.00 bits per heavy atom. The van der Waals surface area contributed by atoms with Crippen molar-refractivity contribution in [1.29, 1.82) is 0 Å². The number of hydrogen-bond acceptors (Lipinski definition) is 4. The van der Waals surface area contributed by atoms with E-state index in [0.29, 0.717) is 4.99 Å². The average Bonchev–Trinajstić information content (AvgIpc) is 3.01. The number of anilines is 1. The van der Waals surface area contributed by atoms with Crippen LogP contribution in [0.4, 0.5) is 5.69 Å². The second kappa shape index (κ2) is 5.79. The van der Waals surface area contributed by atoms with Gasteiger partial charge in [-0.2, -0.15) is 0 Å². The molecule has 1 unspecified atom stereocenters. The van der Waals surface area contributed by atoms with Crippen LogP contribution < -0.4 is 11.1 Å².